The standard InChI is InChI=1S/C15H19NO/c1-11(2)13-6-4-5-7-14(13)15-9-8-12(17-3)10-16-15/h4-5,7-11,13H,6H2,1-3H3/t13-/m1/s1. The molecule has 0 N–H and O–H groups in total. The van der Waals surface area contributed by atoms with Gasteiger partial charge in [0.15, 0.2) is 0 Å². The molecule has 0 aliphatic heterocycles. The lowest BCUT2D eigenvalue weighted by Gasteiger charge is -2.24. The second kappa shape index (κ2) is 5.17. The highest BCUT2D eigenvalue weighted by atomic mass is 16.5. The predicted molar refractivity (Wildman–Crippen MR) is 70.9 cm³/mol. The molecule has 1 atom stereocenters. The molecule has 0 fully saturated rings. The van der Waals surface area contributed by atoms with E-state index in [2.05, 4.69) is 37.1 Å². The maximum absolute atomic E-state index is 5.13. The van der Waals surface area contributed by atoms with Crippen molar-refractivity contribution >= 4 is 5.57 Å². The zero-order chi connectivity index (χ0) is 12.3. The third-order valence-electron chi connectivity index (χ3n) is 3.27. The average Bonchev–Trinajstić information content (AvgIpc) is 2.39. The summed E-state index contributed by atoms with van der Waals surface area (Å²) in [7, 11) is 1.66. The number of rotatable bonds is 3. The van der Waals surface area contributed by atoms with Crippen molar-refractivity contribution in [2.24, 2.45) is 11.8 Å². The minimum atomic E-state index is 0.570. The van der Waals surface area contributed by atoms with Crippen molar-refractivity contribution in [3.8, 4) is 5.75 Å². The number of pyridine rings is 1. The monoisotopic (exact) mass is 229 g/mol. The van der Waals surface area contributed by atoms with E-state index in [4.69, 9.17) is 4.74 Å². The molecule has 0 aromatic carbocycles. The fourth-order valence-electron chi connectivity index (χ4n) is 2.23. The van der Waals surface area contributed by atoms with Gasteiger partial charge in [0.05, 0.1) is 19.0 Å². The Bertz CT molecular complexity index is 429. The highest BCUT2D eigenvalue weighted by Gasteiger charge is 2.20. The first-order valence-corrected chi connectivity index (χ1v) is 6.09. The highest BCUT2D eigenvalue weighted by molar-refractivity contribution is 5.68. The number of hydrogen-bond donors (Lipinski definition) is 0. The van der Waals surface area contributed by atoms with Gasteiger partial charge in [-0.25, -0.2) is 0 Å². The minimum absolute atomic E-state index is 0.570. The molecule has 0 spiro atoms. The Morgan fingerprint density at radius 3 is 2.76 bits per heavy atom. The molecule has 2 nitrogen and oxygen atoms in total. The Balaban J connectivity index is 2.29. The van der Waals surface area contributed by atoms with Gasteiger partial charge in [-0.15, -0.1) is 0 Å². The third-order valence-corrected chi connectivity index (χ3v) is 3.27. The summed E-state index contributed by atoms with van der Waals surface area (Å²) in [5.41, 5.74) is 2.40. The minimum Gasteiger partial charge on any atom is -0.495 e. The van der Waals surface area contributed by atoms with E-state index in [-0.39, 0.29) is 0 Å². The number of methoxy groups -OCH3 is 1. The Hall–Kier alpha value is -1.57. The summed E-state index contributed by atoms with van der Waals surface area (Å²) in [6.45, 7) is 4.53. The summed E-state index contributed by atoms with van der Waals surface area (Å²) in [5, 5.41) is 0. The second-order valence-corrected chi connectivity index (χ2v) is 4.72. The van der Waals surface area contributed by atoms with Crippen LogP contribution in [0.15, 0.2) is 36.6 Å². The van der Waals surface area contributed by atoms with E-state index in [1.807, 2.05) is 12.1 Å². The summed E-state index contributed by atoms with van der Waals surface area (Å²) in [6.07, 6.45) is 9.43. The largest absolute Gasteiger partial charge is 0.495 e. The molecule has 1 heterocycles. The molecule has 0 radical (unpaired) electrons. The van der Waals surface area contributed by atoms with Crippen LogP contribution in [-0.4, -0.2) is 12.1 Å². The van der Waals surface area contributed by atoms with E-state index in [0.717, 1.165) is 17.9 Å². The lowest BCUT2D eigenvalue weighted by atomic mass is 9.81. The summed E-state index contributed by atoms with van der Waals surface area (Å²) in [4.78, 5) is 4.48. The van der Waals surface area contributed by atoms with Crippen LogP contribution in [0.5, 0.6) is 5.75 Å². The van der Waals surface area contributed by atoms with E-state index in [1.165, 1.54) is 5.57 Å². The maximum Gasteiger partial charge on any atom is 0.137 e. The van der Waals surface area contributed by atoms with Crippen LogP contribution in [-0.2, 0) is 0 Å². The summed E-state index contributed by atoms with van der Waals surface area (Å²) in [6, 6.07) is 4.01. The Morgan fingerprint density at radius 1 is 1.35 bits per heavy atom. The zero-order valence-electron chi connectivity index (χ0n) is 10.7. The van der Waals surface area contributed by atoms with Crippen molar-refractivity contribution in [1.29, 1.82) is 0 Å². The normalized spacial score (nSPS) is 19.3. The van der Waals surface area contributed by atoms with Crippen LogP contribution >= 0.6 is 0 Å². The number of hydrogen-bond acceptors (Lipinski definition) is 2. The van der Waals surface area contributed by atoms with Crippen LogP contribution in [0.25, 0.3) is 5.57 Å². The fraction of sp³-hybridized carbons (Fsp3) is 0.400. The van der Waals surface area contributed by atoms with Gasteiger partial charge in [0, 0.05) is 0 Å². The van der Waals surface area contributed by atoms with Gasteiger partial charge in [0.1, 0.15) is 5.75 Å². The average molecular weight is 229 g/mol. The van der Waals surface area contributed by atoms with Crippen LogP contribution in [0.4, 0.5) is 0 Å². The lowest BCUT2D eigenvalue weighted by molar-refractivity contribution is 0.412. The predicted octanol–water partition coefficient (Wildman–Crippen LogP) is 3.71. The van der Waals surface area contributed by atoms with Gasteiger partial charge in [0.2, 0.25) is 0 Å². The Kier molecular flexibility index (Phi) is 3.62. The molecule has 1 aromatic heterocycles. The van der Waals surface area contributed by atoms with E-state index in [0.29, 0.717) is 11.8 Å². The molecular formula is C15H19NO. The van der Waals surface area contributed by atoms with Crippen molar-refractivity contribution in [3.05, 3.63) is 42.3 Å². The molecule has 1 aliphatic rings. The SMILES string of the molecule is COc1ccc(C2=CC=CC[C@@H]2C(C)C)nc1. The quantitative estimate of drug-likeness (QED) is 0.788. The molecule has 90 valence electrons. The van der Waals surface area contributed by atoms with Crippen molar-refractivity contribution in [3.63, 3.8) is 0 Å². The van der Waals surface area contributed by atoms with E-state index in [1.54, 1.807) is 13.3 Å². The van der Waals surface area contributed by atoms with Crippen LogP contribution in [0, 0.1) is 11.8 Å². The lowest BCUT2D eigenvalue weighted by Crippen LogP contribution is -2.13. The van der Waals surface area contributed by atoms with Crippen molar-refractivity contribution < 1.29 is 4.74 Å². The molecule has 1 aliphatic carbocycles. The van der Waals surface area contributed by atoms with Gasteiger partial charge in [0.25, 0.3) is 0 Å². The first kappa shape index (κ1) is 11.9. The third kappa shape index (κ3) is 2.57. The molecule has 0 bridgehead atoms. The molecule has 2 rings (SSSR count). The maximum atomic E-state index is 5.13. The van der Waals surface area contributed by atoms with Gasteiger partial charge in [-0.1, -0.05) is 32.1 Å². The van der Waals surface area contributed by atoms with E-state index >= 15 is 0 Å². The first-order valence-electron chi connectivity index (χ1n) is 6.09. The van der Waals surface area contributed by atoms with Gasteiger partial charge >= 0.3 is 0 Å². The van der Waals surface area contributed by atoms with Gasteiger partial charge in [-0.05, 0) is 36.0 Å². The molecule has 2 heteroatoms. The first-order chi connectivity index (χ1) is 8.22. The fourth-order valence-corrected chi connectivity index (χ4v) is 2.23. The Morgan fingerprint density at radius 2 is 2.18 bits per heavy atom. The number of allylic oxidation sites excluding steroid dienone is 4. The molecule has 0 saturated heterocycles. The number of nitrogens with zero attached hydrogens (tertiary/aromatic N) is 1. The smallest absolute Gasteiger partial charge is 0.137 e. The molecule has 0 unspecified atom stereocenters. The van der Waals surface area contributed by atoms with Crippen molar-refractivity contribution in [2.45, 2.75) is 20.3 Å². The van der Waals surface area contributed by atoms with Gasteiger partial charge in [-0.3, -0.25) is 4.98 Å². The summed E-state index contributed by atoms with van der Waals surface area (Å²) in [5.74, 6) is 2.01. The molecule has 17 heavy (non-hydrogen) atoms. The van der Waals surface area contributed by atoms with E-state index < -0.39 is 0 Å². The van der Waals surface area contributed by atoms with E-state index in [9.17, 15) is 0 Å². The molecule has 0 amide bonds. The highest BCUT2D eigenvalue weighted by Crippen LogP contribution is 2.34. The topological polar surface area (TPSA) is 22.1 Å². The molecule has 0 saturated carbocycles. The Labute approximate surface area is 103 Å². The van der Waals surface area contributed by atoms with Crippen molar-refractivity contribution in [1.82, 2.24) is 4.98 Å². The van der Waals surface area contributed by atoms with Gasteiger partial charge in [-0.2, -0.15) is 0 Å². The van der Waals surface area contributed by atoms with Crippen LogP contribution in [0.2, 0.25) is 0 Å². The van der Waals surface area contributed by atoms with Crippen LogP contribution < -0.4 is 4.74 Å². The number of aromatic nitrogens is 1. The van der Waals surface area contributed by atoms with Crippen LogP contribution in [0.1, 0.15) is 26.0 Å². The van der Waals surface area contributed by atoms with Gasteiger partial charge < -0.3 is 4.74 Å². The summed E-state index contributed by atoms with van der Waals surface area (Å²) >= 11 is 0. The zero-order valence-corrected chi connectivity index (χ0v) is 10.7. The molecular weight excluding hydrogens is 210 g/mol. The van der Waals surface area contributed by atoms with Crippen LogP contribution in [0.3, 0.4) is 0 Å². The summed E-state index contributed by atoms with van der Waals surface area (Å²) < 4.78 is 5.13. The molecule has 1 aromatic rings. The second-order valence-electron chi connectivity index (χ2n) is 4.72. The van der Waals surface area contributed by atoms with Crippen molar-refractivity contribution in [2.75, 3.05) is 7.11 Å². The number of ether oxygens (including phenoxy) is 1.